The molecule has 88 valence electrons. The van der Waals surface area contributed by atoms with Crippen molar-refractivity contribution in [1.29, 1.82) is 0 Å². The summed E-state index contributed by atoms with van der Waals surface area (Å²) in [6, 6.07) is 15.7. The highest BCUT2D eigenvalue weighted by atomic mass is 79.9. The molecule has 1 nitrogen and oxygen atoms in total. The Labute approximate surface area is 115 Å². The van der Waals surface area contributed by atoms with Crippen molar-refractivity contribution in [3.05, 3.63) is 69.2 Å². The van der Waals surface area contributed by atoms with Crippen molar-refractivity contribution in [2.24, 2.45) is 5.73 Å². The molecule has 2 N–H and O–H groups in total. The van der Waals surface area contributed by atoms with Gasteiger partial charge in [-0.2, -0.15) is 0 Å². The van der Waals surface area contributed by atoms with E-state index >= 15 is 0 Å². The lowest BCUT2D eigenvalue weighted by atomic mass is 10.00. The Bertz CT molecular complexity index is 513. The van der Waals surface area contributed by atoms with E-state index < -0.39 is 0 Å². The van der Waals surface area contributed by atoms with E-state index in [0.29, 0.717) is 0 Å². The van der Waals surface area contributed by atoms with Gasteiger partial charge in [-0.15, -0.1) is 0 Å². The number of benzene rings is 2. The zero-order chi connectivity index (χ0) is 12.3. The fraction of sp³-hybridized carbons (Fsp3) is 0.143. The van der Waals surface area contributed by atoms with E-state index in [0.717, 1.165) is 21.5 Å². The molecule has 0 saturated carbocycles. The molecular formula is C14H13BrClN. The number of hydrogen-bond donors (Lipinski definition) is 1. The van der Waals surface area contributed by atoms with Gasteiger partial charge in [-0.1, -0.05) is 63.9 Å². The summed E-state index contributed by atoms with van der Waals surface area (Å²) < 4.78 is 1.09. The summed E-state index contributed by atoms with van der Waals surface area (Å²) in [6.07, 6.45) is 0.769. The standard InChI is InChI=1S/C14H13BrClN/c15-12-7-3-1-5-10(12)9-14(17)11-6-2-4-8-13(11)16/h1-8,14H,9,17H2. The topological polar surface area (TPSA) is 26.0 Å². The highest BCUT2D eigenvalue weighted by Crippen LogP contribution is 2.26. The Balaban J connectivity index is 2.20. The van der Waals surface area contributed by atoms with Crippen LogP contribution in [0, 0.1) is 0 Å². The molecule has 0 aromatic heterocycles. The van der Waals surface area contributed by atoms with Gasteiger partial charge in [-0.3, -0.25) is 0 Å². The molecule has 0 saturated heterocycles. The quantitative estimate of drug-likeness (QED) is 0.896. The lowest BCUT2D eigenvalue weighted by Gasteiger charge is -2.14. The predicted molar refractivity (Wildman–Crippen MR) is 76.2 cm³/mol. The van der Waals surface area contributed by atoms with Crippen molar-refractivity contribution in [2.75, 3.05) is 0 Å². The van der Waals surface area contributed by atoms with Crippen molar-refractivity contribution in [3.63, 3.8) is 0 Å². The number of hydrogen-bond acceptors (Lipinski definition) is 1. The average Bonchev–Trinajstić information content (AvgIpc) is 2.32. The van der Waals surface area contributed by atoms with Gasteiger partial charge in [0.15, 0.2) is 0 Å². The summed E-state index contributed by atoms with van der Waals surface area (Å²) in [4.78, 5) is 0. The summed E-state index contributed by atoms with van der Waals surface area (Å²) in [5.74, 6) is 0. The summed E-state index contributed by atoms with van der Waals surface area (Å²) in [5.41, 5.74) is 8.38. The second kappa shape index (κ2) is 5.67. The minimum Gasteiger partial charge on any atom is -0.324 e. The maximum Gasteiger partial charge on any atom is 0.0453 e. The Morgan fingerprint density at radius 3 is 2.41 bits per heavy atom. The van der Waals surface area contributed by atoms with Crippen LogP contribution in [-0.4, -0.2) is 0 Å². The molecule has 0 fully saturated rings. The second-order valence-electron chi connectivity index (χ2n) is 3.92. The van der Waals surface area contributed by atoms with E-state index in [-0.39, 0.29) is 6.04 Å². The van der Waals surface area contributed by atoms with Gasteiger partial charge in [0.25, 0.3) is 0 Å². The maximum absolute atomic E-state index is 6.19. The summed E-state index contributed by atoms with van der Waals surface area (Å²) in [5, 5.41) is 0.729. The minimum absolute atomic E-state index is 0.0811. The molecule has 0 amide bonds. The van der Waals surface area contributed by atoms with E-state index in [1.165, 1.54) is 5.56 Å². The molecule has 0 aliphatic heterocycles. The molecule has 1 atom stereocenters. The Morgan fingerprint density at radius 1 is 1.06 bits per heavy atom. The van der Waals surface area contributed by atoms with Crippen LogP contribution in [0.2, 0.25) is 5.02 Å². The van der Waals surface area contributed by atoms with Crippen LogP contribution >= 0.6 is 27.5 Å². The number of halogens is 2. The summed E-state index contributed by atoms with van der Waals surface area (Å²) in [7, 11) is 0. The Hall–Kier alpha value is -0.830. The Kier molecular flexibility index (Phi) is 4.21. The fourth-order valence-electron chi connectivity index (χ4n) is 1.79. The monoisotopic (exact) mass is 309 g/mol. The Morgan fingerprint density at radius 2 is 1.71 bits per heavy atom. The first-order chi connectivity index (χ1) is 8.18. The van der Waals surface area contributed by atoms with E-state index in [4.69, 9.17) is 17.3 Å². The van der Waals surface area contributed by atoms with E-state index in [1.54, 1.807) is 0 Å². The second-order valence-corrected chi connectivity index (χ2v) is 5.19. The first kappa shape index (κ1) is 12.6. The van der Waals surface area contributed by atoms with Gasteiger partial charge in [-0.05, 0) is 29.7 Å². The van der Waals surface area contributed by atoms with Gasteiger partial charge >= 0.3 is 0 Å². The van der Waals surface area contributed by atoms with Gasteiger partial charge in [0, 0.05) is 15.5 Å². The molecular weight excluding hydrogens is 298 g/mol. The van der Waals surface area contributed by atoms with Crippen molar-refractivity contribution in [3.8, 4) is 0 Å². The SMILES string of the molecule is NC(Cc1ccccc1Br)c1ccccc1Cl. The molecule has 2 aromatic rings. The van der Waals surface area contributed by atoms with Crippen LogP contribution in [0.15, 0.2) is 53.0 Å². The summed E-state index contributed by atoms with van der Waals surface area (Å²) in [6.45, 7) is 0. The van der Waals surface area contributed by atoms with Gasteiger partial charge in [0.1, 0.15) is 0 Å². The average molecular weight is 311 g/mol. The van der Waals surface area contributed by atoms with E-state index in [2.05, 4.69) is 22.0 Å². The first-order valence-corrected chi connectivity index (χ1v) is 6.59. The normalized spacial score (nSPS) is 12.4. The van der Waals surface area contributed by atoms with Crippen LogP contribution in [0.5, 0.6) is 0 Å². The predicted octanol–water partition coefficient (Wildman–Crippen LogP) is 4.35. The zero-order valence-corrected chi connectivity index (χ0v) is 11.6. The van der Waals surface area contributed by atoms with Crippen LogP contribution in [0.25, 0.3) is 0 Å². The molecule has 0 bridgehead atoms. The minimum atomic E-state index is -0.0811. The highest BCUT2D eigenvalue weighted by Gasteiger charge is 2.11. The third-order valence-corrected chi connectivity index (χ3v) is 3.82. The van der Waals surface area contributed by atoms with Crippen LogP contribution < -0.4 is 5.73 Å². The maximum atomic E-state index is 6.19. The van der Waals surface area contributed by atoms with Crippen molar-refractivity contribution in [1.82, 2.24) is 0 Å². The molecule has 0 spiro atoms. The van der Waals surface area contributed by atoms with Crippen LogP contribution in [0.1, 0.15) is 17.2 Å². The van der Waals surface area contributed by atoms with Gasteiger partial charge in [0.2, 0.25) is 0 Å². The van der Waals surface area contributed by atoms with Crippen LogP contribution in [-0.2, 0) is 6.42 Å². The van der Waals surface area contributed by atoms with Crippen LogP contribution in [0.4, 0.5) is 0 Å². The van der Waals surface area contributed by atoms with Gasteiger partial charge in [-0.25, -0.2) is 0 Å². The van der Waals surface area contributed by atoms with Crippen molar-refractivity contribution < 1.29 is 0 Å². The number of rotatable bonds is 3. The lowest BCUT2D eigenvalue weighted by molar-refractivity contribution is 0.720. The molecule has 2 aromatic carbocycles. The third kappa shape index (κ3) is 3.09. The molecule has 0 heterocycles. The molecule has 2 rings (SSSR count). The smallest absolute Gasteiger partial charge is 0.0453 e. The van der Waals surface area contributed by atoms with Crippen molar-refractivity contribution in [2.45, 2.75) is 12.5 Å². The van der Waals surface area contributed by atoms with E-state index in [9.17, 15) is 0 Å². The first-order valence-electron chi connectivity index (χ1n) is 5.42. The fourth-order valence-corrected chi connectivity index (χ4v) is 2.51. The lowest BCUT2D eigenvalue weighted by Crippen LogP contribution is -2.14. The third-order valence-electron chi connectivity index (χ3n) is 2.70. The largest absolute Gasteiger partial charge is 0.324 e. The van der Waals surface area contributed by atoms with Crippen LogP contribution in [0.3, 0.4) is 0 Å². The highest BCUT2D eigenvalue weighted by molar-refractivity contribution is 9.10. The van der Waals surface area contributed by atoms with Gasteiger partial charge in [0.05, 0.1) is 0 Å². The van der Waals surface area contributed by atoms with Gasteiger partial charge < -0.3 is 5.73 Å². The molecule has 0 aliphatic carbocycles. The molecule has 3 heteroatoms. The van der Waals surface area contributed by atoms with E-state index in [1.807, 2.05) is 42.5 Å². The molecule has 1 unspecified atom stereocenters. The summed E-state index contributed by atoms with van der Waals surface area (Å²) >= 11 is 9.66. The molecule has 0 radical (unpaired) electrons. The molecule has 17 heavy (non-hydrogen) atoms. The zero-order valence-electron chi connectivity index (χ0n) is 9.24. The van der Waals surface area contributed by atoms with Crippen molar-refractivity contribution >= 4 is 27.5 Å². The molecule has 0 aliphatic rings. The number of nitrogens with two attached hydrogens (primary N) is 1.